The van der Waals surface area contributed by atoms with Crippen LogP contribution in [0.1, 0.15) is 19.3 Å². The third-order valence-corrected chi connectivity index (χ3v) is 3.82. The third kappa shape index (κ3) is 3.07. The monoisotopic (exact) mass is 269 g/mol. The van der Waals surface area contributed by atoms with Gasteiger partial charge < -0.3 is 19.5 Å². The Balaban J connectivity index is 1.84. The molecule has 1 atom stereocenters. The molecule has 2 aliphatic rings. The number of aliphatic carboxylic acids is 1. The summed E-state index contributed by atoms with van der Waals surface area (Å²) in [7, 11) is 0. The summed E-state index contributed by atoms with van der Waals surface area (Å²) >= 11 is 0. The van der Waals surface area contributed by atoms with Gasteiger partial charge in [-0.3, -0.25) is 4.79 Å². The Morgan fingerprint density at radius 2 is 2.16 bits per heavy atom. The van der Waals surface area contributed by atoms with Crippen molar-refractivity contribution in [1.82, 2.24) is 4.90 Å². The Morgan fingerprint density at radius 1 is 1.47 bits per heavy atom. The normalized spacial score (nSPS) is 25.3. The van der Waals surface area contributed by atoms with Crippen molar-refractivity contribution in [3.63, 3.8) is 0 Å². The first-order valence-electron chi connectivity index (χ1n) is 6.46. The summed E-state index contributed by atoms with van der Waals surface area (Å²) in [5.41, 5.74) is -0.363. The molecule has 0 aliphatic carbocycles. The number of nitrogens with zero attached hydrogens (tertiary/aromatic N) is 1. The first-order valence-corrected chi connectivity index (χ1v) is 6.46. The molecule has 0 radical (unpaired) electrons. The molecule has 1 amide bonds. The van der Waals surface area contributed by atoms with Gasteiger partial charge >= 0.3 is 12.1 Å². The zero-order chi connectivity index (χ0) is 13.9. The number of carboxylic acid groups (broad SMARTS) is 1. The van der Waals surface area contributed by atoms with Gasteiger partial charge in [0, 0.05) is 13.1 Å². The molecule has 2 aliphatic heterocycles. The summed E-state index contributed by atoms with van der Waals surface area (Å²) < 4.78 is 10.7. The quantitative estimate of drug-likeness (QED) is 0.781. The van der Waals surface area contributed by atoms with Gasteiger partial charge in [0.1, 0.15) is 6.61 Å². The molecule has 0 aromatic rings. The number of likely N-dealkylation sites (tertiary alicyclic amines) is 1. The maximum atomic E-state index is 11.7. The predicted molar refractivity (Wildman–Crippen MR) is 66.8 cm³/mol. The molecule has 0 aromatic heterocycles. The van der Waals surface area contributed by atoms with E-state index in [4.69, 9.17) is 14.6 Å². The summed E-state index contributed by atoms with van der Waals surface area (Å²) in [6.07, 6.45) is 3.06. The lowest BCUT2D eigenvalue weighted by molar-refractivity contribution is -0.141. The number of carbonyl (C=O) groups excluding carboxylic acids is 1. The van der Waals surface area contributed by atoms with Crippen LogP contribution in [0.4, 0.5) is 4.79 Å². The molecular weight excluding hydrogens is 250 g/mol. The van der Waals surface area contributed by atoms with Crippen LogP contribution in [0.25, 0.3) is 0 Å². The Kier molecular flexibility index (Phi) is 4.09. The van der Waals surface area contributed by atoms with Crippen molar-refractivity contribution in [3.8, 4) is 0 Å². The van der Waals surface area contributed by atoms with Gasteiger partial charge in [-0.1, -0.05) is 12.7 Å². The smallest absolute Gasteiger partial charge is 0.410 e. The van der Waals surface area contributed by atoms with Gasteiger partial charge in [-0.05, 0) is 19.3 Å². The van der Waals surface area contributed by atoms with E-state index >= 15 is 0 Å². The SMILES string of the molecule is C=CCOC(=O)N1CCC2(CC1)CC(C(=O)O)CO2. The van der Waals surface area contributed by atoms with Crippen LogP contribution < -0.4 is 0 Å². The fourth-order valence-electron chi connectivity index (χ4n) is 2.67. The topological polar surface area (TPSA) is 76.1 Å². The van der Waals surface area contributed by atoms with Crippen molar-refractivity contribution in [1.29, 1.82) is 0 Å². The van der Waals surface area contributed by atoms with Crippen molar-refractivity contribution >= 4 is 12.1 Å². The standard InChI is InChI=1S/C13H19NO5/c1-2-7-18-12(17)14-5-3-13(4-6-14)8-10(9-19-13)11(15)16/h2,10H,1,3-9H2,(H,15,16). The highest BCUT2D eigenvalue weighted by atomic mass is 16.6. The average molecular weight is 269 g/mol. The van der Waals surface area contributed by atoms with Crippen LogP contribution in [0.3, 0.4) is 0 Å². The van der Waals surface area contributed by atoms with Gasteiger partial charge in [0.05, 0.1) is 18.1 Å². The van der Waals surface area contributed by atoms with E-state index in [1.165, 1.54) is 6.08 Å². The van der Waals surface area contributed by atoms with E-state index in [9.17, 15) is 9.59 Å². The lowest BCUT2D eigenvalue weighted by Gasteiger charge is -2.38. The van der Waals surface area contributed by atoms with Gasteiger partial charge in [0.25, 0.3) is 0 Å². The van der Waals surface area contributed by atoms with Crippen molar-refractivity contribution in [2.75, 3.05) is 26.3 Å². The maximum absolute atomic E-state index is 11.7. The van der Waals surface area contributed by atoms with Gasteiger partial charge in [0.15, 0.2) is 0 Å². The van der Waals surface area contributed by atoms with Gasteiger partial charge in [-0.15, -0.1) is 0 Å². The highest BCUT2D eigenvalue weighted by Crippen LogP contribution is 2.38. The highest BCUT2D eigenvalue weighted by molar-refractivity contribution is 5.70. The molecule has 2 rings (SSSR count). The molecule has 1 spiro atoms. The van der Waals surface area contributed by atoms with E-state index < -0.39 is 11.9 Å². The van der Waals surface area contributed by atoms with Crippen LogP contribution in [-0.4, -0.2) is 54.0 Å². The van der Waals surface area contributed by atoms with E-state index in [1.54, 1.807) is 4.90 Å². The minimum Gasteiger partial charge on any atom is -0.481 e. The molecule has 2 saturated heterocycles. The minimum absolute atomic E-state index is 0.206. The zero-order valence-corrected chi connectivity index (χ0v) is 10.8. The number of hydrogen-bond donors (Lipinski definition) is 1. The summed E-state index contributed by atoms with van der Waals surface area (Å²) in [6, 6.07) is 0. The number of amides is 1. The molecule has 106 valence electrons. The van der Waals surface area contributed by atoms with E-state index in [1.807, 2.05) is 0 Å². The Labute approximate surface area is 112 Å². The molecule has 1 unspecified atom stereocenters. The van der Waals surface area contributed by atoms with Crippen LogP contribution in [0.5, 0.6) is 0 Å². The molecular formula is C13H19NO5. The summed E-state index contributed by atoms with van der Waals surface area (Å²) in [5.74, 6) is -1.22. The van der Waals surface area contributed by atoms with E-state index in [2.05, 4.69) is 6.58 Å². The second-order valence-corrected chi connectivity index (χ2v) is 5.09. The zero-order valence-electron chi connectivity index (χ0n) is 10.8. The Hall–Kier alpha value is -1.56. The number of ether oxygens (including phenoxy) is 2. The lowest BCUT2D eigenvalue weighted by Crippen LogP contribution is -2.46. The average Bonchev–Trinajstić information content (AvgIpc) is 2.81. The number of carboxylic acids is 1. The molecule has 0 saturated carbocycles. The van der Waals surface area contributed by atoms with Gasteiger partial charge in [-0.25, -0.2) is 4.79 Å². The third-order valence-electron chi connectivity index (χ3n) is 3.82. The second-order valence-electron chi connectivity index (χ2n) is 5.09. The maximum Gasteiger partial charge on any atom is 0.410 e. The van der Waals surface area contributed by atoms with Gasteiger partial charge in [-0.2, -0.15) is 0 Å². The Morgan fingerprint density at radius 3 is 2.68 bits per heavy atom. The van der Waals surface area contributed by atoms with Crippen LogP contribution in [0.15, 0.2) is 12.7 Å². The summed E-state index contributed by atoms with van der Waals surface area (Å²) in [6.45, 7) is 5.06. The first kappa shape index (κ1) is 13.9. The predicted octanol–water partition coefficient (Wildman–Crippen LogP) is 1.26. The molecule has 2 heterocycles. The molecule has 19 heavy (non-hydrogen) atoms. The largest absolute Gasteiger partial charge is 0.481 e. The first-order chi connectivity index (χ1) is 9.06. The summed E-state index contributed by atoms with van der Waals surface area (Å²) in [4.78, 5) is 24.2. The van der Waals surface area contributed by atoms with Crippen LogP contribution in [-0.2, 0) is 14.3 Å². The molecule has 2 fully saturated rings. The molecule has 6 heteroatoms. The van der Waals surface area contributed by atoms with Crippen LogP contribution in [0.2, 0.25) is 0 Å². The van der Waals surface area contributed by atoms with E-state index in [-0.39, 0.29) is 24.9 Å². The molecule has 1 N–H and O–H groups in total. The second kappa shape index (κ2) is 5.61. The van der Waals surface area contributed by atoms with Crippen molar-refractivity contribution in [2.24, 2.45) is 5.92 Å². The van der Waals surface area contributed by atoms with E-state index in [0.29, 0.717) is 32.4 Å². The van der Waals surface area contributed by atoms with Crippen molar-refractivity contribution in [3.05, 3.63) is 12.7 Å². The number of hydrogen-bond acceptors (Lipinski definition) is 4. The van der Waals surface area contributed by atoms with Crippen LogP contribution >= 0.6 is 0 Å². The Bertz CT molecular complexity index is 373. The molecule has 0 bridgehead atoms. The van der Waals surface area contributed by atoms with Gasteiger partial charge in [0.2, 0.25) is 0 Å². The summed E-state index contributed by atoms with van der Waals surface area (Å²) in [5, 5.41) is 8.99. The number of piperidine rings is 1. The lowest BCUT2D eigenvalue weighted by atomic mass is 9.85. The molecule has 6 nitrogen and oxygen atoms in total. The fraction of sp³-hybridized carbons (Fsp3) is 0.692. The van der Waals surface area contributed by atoms with Crippen LogP contribution in [0, 0.1) is 5.92 Å². The fourth-order valence-corrected chi connectivity index (χ4v) is 2.67. The van der Waals surface area contributed by atoms with Crippen molar-refractivity contribution in [2.45, 2.75) is 24.9 Å². The van der Waals surface area contributed by atoms with E-state index in [0.717, 1.165) is 0 Å². The number of rotatable bonds is 3. The molecule has 0 aromatic carbocycles. The number of carbonyl (C=O) groups is 2. The van der Waals surface area contributed by atoms with Crippen molar-refractivity contribution < 1.29 is 24.2 Å². The highest BCUT2D eigenvalue weighted by Gasteiger charge is 2.45. The minimum atomic E-state index is -0.801.